The van der Waals surface area contributed by atoms with Gasteiger partial charge >= 0.3 is 0 Å². The van der Waals surface area contributed by atoms with Crippen LogP contribution < -0.4 is 16.2 Å². The van der Waals surface area contributed by atoms with Gasteiger partial charge < -0.3 is 16.2 Å². The number of hydrogen-bond acceptors (Lipinski definition) is 4. The maximum Gasteiger partial charge on any atom is 0.255 e. The first-order valence-corrected chi connectivity index (χ1v) is 5.26. The van der Waals surface area contributed by atoms with Crippen molar-refractivity contribution >= 4 is 17.4 Å². The van der Waals surface area contributed by atoms with E-state index < -0.39 is 5.91 Å². The Balaban J connectivity index is 2.86. The molecule has 5 nitrogen and oxygen atoms in total. The first-order chi connectivity index (χ1) is 7.91. The van der Waals surface area contributed by atoms with E-state index in [4.69, 9.17) is 16.2 Å². The van der Waals surface area contributed by atoms with E-state index in [1.807, 2.05) is 13.8 Å². The maximum absolute atomic E-state index is 11.7. The Labute approximate surface area is 99.7 Å². The number of hydrogen-bond donors (Lipinski definition) is 2. The van der Waals surface area contributed by atoms with Crippen molar-refractivity contribution in [2.75, 3.05) is 12.3 Å². The number of carbonyl (C=O) groups excluding carboxylic acids is 2. The molecule has 1 aromatic rings. The highest BCUT2D eigenvalue weighted by Crippen LogP contribution is 2.23. The SMILES string of the molecule is CC(C)C(=O)c1ccc(OCC(N)=O)c(N)c1. The molecular formula is C12H16N2O3. The largest absolute Gasteiger partial charge is 0.482 e. The van der Waals surface area contributed by atoms with Crippen molar-refractivity contribution in [2.45, 2.75) is 13.8 Å². The highest BCUT2D eigenvalue weighted by Gasteiger charge is 2.12. The second-order valence-corrected chi connectivity index (χ2v) is 4.03. The Morgan fingerprint density at radius 1 is 1.35 bits per heavy atom. The summed E-state index contributed by atoms with van der Waals surface area (Å²) in [5.41, 5.74) is 11.5. The molecule has 0 aliphatic rings. The molecule has 0 aliphatic heterocycles. The van der Waals surface area contributed by atoms with Gasteiger partial charge in [-0.1, -0.05) is 13.8 Å². The van der Waals surface area contributed by atoms with Crippen molar-refractivity contribution in [3.05, 3.63) is 23.8 Å². The maximum atomic E-state index is 11.7. The van der Waals surface area contributed by atoms with Gasteiger partial charge in [-0.3, -0.25) is 9.59 Å². The molecule has 0 bridgehead atoms. The van der Waals surface area contributed by atoms with Gasteiger partial charge in [0.15, 0.2) is 12.4 Å². The molecule has 1 amide bonds. The number of rotatable bonds is 5. The summed E-state index contributed by atoms with van der Waals surface area (Å²) in [5, 5.41) is 0. The number of Topliss-reactive ketones (excluding diaryl/α,β-unsaturated/α-hetero) is 1. The van der Waals surface area contributed by atoms with Crippen molar-refractivity contribution in [3.8, 4) is 5.75 Å². The van der Waals surface area contributed by atoms with E-state index in [-0.39, 0.29) is 18.3 Å². The number of carbonyl (C=O) groups is 2. The average Bonchev–Trinajstić information content (AvgIpc) is 2.26. The van der Waals surface area contributed by atoms with Crippen molar-refractivity contribution in [1.29, 1.82) is 0 Å². The second kappa shape index (κ2) is 5.34. The van der Waals surface area contributed by atoms with Crippen molar-refractivity contribution in [2.24, 2.45) is 11.7 Å². The Morgan fingerprint density at radius 2 is 2.00 bits per heavy atom. The molecule has 0 unspecified atom stereocenters. The Morgan fingerprint density at radius 3 is 2.47 bits per heavy atom. The molecule has 1 aromatic carbocycles. The summed E-state index contributed by atoms with van der Waals surface area (Å²) in [7, 11) is 0. The number of nitrogens with two attached hydrogens (primary N) is 2. The third-order valence-corrected chi connectivity index (χ3v) is 2.19. The molecule has 5 heteroatoms. The van der Waals surface area contributed by atoms with Crippen molar-refractivity contribution < 1.29 is 14.3 Å². The summed E-state index contributed by atoms with van der Waals surface area (Å²) in [6.07, 6.45) is 0. The molecule has 0 aromatic heterocycles. The minimum Gasteiger partial charge on any atom is -0.482 e. The summed E-state index contributed by atoms with van der Waals surface area (Å²) in [4.78, 5) is 22.3. The van der Waals surface area contributed by atoms with Crippen LogP contribution in [0.1, 0.15) is 24.2 Å². The van der Waals surface area contributed by atoms with Crippen molar-refractivity contribution in [1.82, 2.24) is 0 Å². The third kappa shape index (κ3) is 3.48. The van der Waals surface area contributed by atoms with Gasteiger partial charge in [-0.25, -0.2) is 0 Å². The second-order valence-electron chi connectivity index (χ2n) is 4.03. The molecule has 92 valence electrons. The lowest BCUT2D eigenvalue weighted by atomic mass is 10.0. The third-order valence-electron chi connectivity index (χ3n) is 2.19. The standard InChI is InChI=1S/C12H16N2O3/c1-7(2)12(16)8-3-4-10(9(13)5-8)17-6-11(14)15/h3-5,7H,6,13H2,1-2H3,(H2,14,15). The predicted octanol–water partition coefficient (Wildman–Crippen LogP) is 0.972. The van der Waals surface area contributed by atoms with Gasteiger partial charge in [-0.05, 0) is 18.2 Å². The molecule has 17 heavy (non-hydrogen) atoms. The molecule has 0 saturated heterocycles. The monoisotopic (exact) mass is 236 g/mol. The van der Waals surface area contributed by atoms with Crippen LogP contribution in [0.15, 0.2) is 18.2 Å². The molecule has 0 aliphatic carbocycles. The lowest BCUT2D eigenvalue weighted by molar-refractivity contribution is -0.119. The number of ether oxygens (including phenoxy) is 1. The van der Waals surface area contributed by atoms with Crippen LogP contribution in [0.5, 0.6) is 5.75 Å². The average molecular weight is 236 g/mol. The van der Waals surface area contributed by atoms with Crippen LogP contribution in [0.3, 0.4) is 0 Å². The fourth-order valence-electron chi connectivity index (χ4n) is 1.32. The van der Waals surface area contributed by atoms with E-state index in [9.17, 15) is 9.59 Å². The van der Waals surface area contributed by atoms with E-state index in [2.05, 4.69) is 0 Å². The summed E-state index contributed by atoms with van der Waals surface area (Å²) in [6, 6.07) is 4.72. The van der Waals surface area contributed by atoms with Gasteiger partial charge in [0.05, 0.1) is 5.69 Å². The van der Waals surface area contributed by atoms with Gasteiger partial charge in [0.2, 0.25) is 0 Å². The Kier molecular flexibility index (Phi) is 4.09. The minimum atomic E-state index is -0.577. The van der Waals surface area contributed by atoms with E-state index in [0.717, 1.165) is 0 Å². The molecule has 0 fully saturated rings. The van der Waals surface area contributed by atoms with Crippen LogP contribution in [-0.4, -0.2) is 18.3 Å². The van der Waals surface area contributed by atoms with Gasteiger partial charge in [0.25, 0.3) is 5.91 Å². The fourth-order valence-corrected chi connectivity index (χ4v) is 1.32. The molecule has 4 N–H and O–H groups in total. The number of primary amides is 1. The van der Waals surface area contributed by atoms with Crippen LogP contribution in [0, 0.1) is 5.92 Å². The van der Waals surface area contributed by atoms with Gasteiger partial charge in [-0.2, -0.15) is 0 Å². The highest BCUT2D eigenvalue weighted by molar-refractivity contribution is 5.98. The summed E-state index contributed by atoms with van der Waals surface area (Å²) in [5.74, 6) is -0.305. The number of amides is 1. The van der Waals surface area contributed by atoms with Gasteiger partial charge in [0.1, 0.15) is 5.75 Å². The zero-order chi connectivity index (χ0) is 13.0. The summed E-state index contributed by atoms with van der Waals surface area (Å²) < 4.78 is 5.08. The minimum absolute atomic E-state index is 0.0122. The molecule has 0 heterocycles. The van der Waals surface area contributed by atoms with Crippen LogP contribution in [0.25, 0.3) is 0 Å². The highest BCUT2D eigenvalue weighted by atomic mass is 16.5. The first kappa shape index (κ1) is 13.0. The van der Waals surface area contributed by atoms with Crippen LogP contribution in [0.4, 0.5) is 5.69 Å². The quantitative estimate of drug-likeness (QED) is 0.588. The number of anilines is 1. The molecular weight excluding hydrogens is 220 g/mol. The topological polar surface area (TPSA) is 95.4 Å². The smallest absolute Gasteiger partial charge is 0.255 e. The Bertz CT molecular complexity index is 441. The van der Waals surface area contributed by atoms with Crippen LogP contribution >= 0.6 is 0 Å². The molecule has 0 spiro atoms. The van der Waals surface area contributed by atoms with E-state index in [0.29, 0.717) is 17.0 Å². The van der Waals surface area contributed by atoms with Crippen LogP contribution in [-0.2, 0) is 4.79 Å². The zero-order valence-corrected chi connectivity index (χ0v) is 9.90. The lowest BCUT2D eigenvalue weighted by Gasteiger charge is -2.09. The van der Waals surface area contributed by atoms with Crippen LogP contribution in [0.2, 0.25) is 0 Å². The first-order valence-electron chi connectivity index (χ1n) is 5.26. The molecule has 1 rings (SSSR count). The number of benzene rings is 1. The zero-order valence-electron chi connectivity index (χ0n) is 9.90. The van der Waals surface area contributed by atoms with Gasteiger partial charge in [-0.15, -0.1) is 0 Å². The summed E-state index contributed by atoms with van der Waals surface area (Å²) in [6.45, 7) is 3.40. The number of ketones is 1. The number of nitrogen functional groups attached to an aromatic ring is 1. The summed E-state index contributed by atoms with van der Waals surface area (Å²) >= 11 is 0. The van der Waals surface area contributed by atoms with Crippen molar-refractivity contribution in [3.63, 3.8) is 0 Å². The van der Waals surface area contributed by atoms with E-state index in [1.165, 1.54) is 0 Å². The predicted molar refractivity (Wildman–Crippen MR) is 64.7 cm³/mol. The molecule has 0 saturated carbocycles. The normalized spacial score (nSPS) is 10.3. The molecule has 0 atom stereocenters. The lowest BCUT2D eigenvalue weighted by Crippen LogP contribution is -2.20. The fraction of sp³-hybridized carbons (Fsp3) is 0.333. The van der Waals surface area contributed by atoms with Gasteiger partial charge in [0, 0.05) is 11.5 Å². The molecule has 0 radical (unpaired) electrons. The Hall–Kier alpha value is -2.04. The van der Waals surface area contributed by atoms with E-state index >= 15 is 0 Å². The van der Waals surface area contributed by atoms with E-state index in [1.54, 1.807) is 18.2 Å².